The number of alkyl halides is 3. The number of aromatic amines is 1. The molecule has 0 atom stereocenters. The number of carbonyl (C=O) groups excluding carboxylic acids is 2. The lowest BCUT2D eigenvalue weighted by molar-refractivity contribution is -0.163. The van der Waals surface area contributed by atoms with Gasteiger partial charge in [0.25, 0.3) is 5.91 Å². The molecule has 156 valence electrons. The first-order valence-electron chi connectivity index (χ1n) is 8.93. The van der Waals surface area contributed by atoms with Crippen LogP contribution in [0.3, 0.4) is 0 Å². The van der Waals surface area contributed by atoms with Crippen LogP contribution in [0.1, 0.15) is 28.9 Å². The smallest absolute Gasteiger partial charge is 0.336 e. The molecule has 0 aliphatic heterocycles. The van der Waals surface area contributed by atoms with Crippen molar-refractivity contribution in [3.8, 4) is 0 Å². The van der Waals surface area contributed by atoms with Gasteiger partial charge in [-0.15, -0.1) is 0 Å². The topological polar surface area (TPSA) is 99.8 Å². The molecule has 2 aromatic heterocycles. The number of carbonyl (C=O) groups is 2. The van der Waals surface area contributed by atoms with E-state index in [4.69, 9.17) is 11.6 Å². The average molecular weight is 438 g/mol. The molecule has 1 fully saturated rings. The Morgan fingerprint density at radius 3 is 2.70 bits per heavy atom. The highest BCUT2D eigenvalue weighted by Crippen LogP contribution is 2.49. The van der Waals surface area contributed by atoms with Crippen LogP contribution < -0.4 is 10.6 Å². The maximum atomic E-state index is 13.0. The maximum absolute atomic E-state index is 13.0. The Morgan fingerprint density at radius 1 is 1.23 bits per heavy atom. The van der Waals surface area contributed by atoms with E-state index in [0.29, 0.717) is 16.1 Å². The Bertz CT molecular complexity index is 1140. The number of halogens is 4. The van der Waals surface area contributed by atoms with E-state index in [1.54, 1.807) is 18.3 Å². The fraction of sp³-hybridized carbons (Fsp3) is 0.263. The lowest BCUT2D eigenvalue weighted by Gasteiger charge is -2.20. The van der Waals surface area contributed by atoms with Gasteiger partial charge in [-0.05, 0) is 42.7 Å². The number of rotatable bonds is 5. The van der Waals surface area contributed by atoms with Crippen LogP contribution in [-0.4, -0.2) is 38.7 Å². The van der Waals surface area contributed by atoms with Crippen LogP contribution in [0.2, 0.25) is 5.02 Å². The third-order valence-corrected chi connectivity index (χ3v) is 5.17. The summed E-state index contributed by atoms with van der Waals surface area (Å²) in [5.41, 5.74) is -0.833. The standard InChI is InChI=1S/C19H15ClF3N5O2/c20-13-5-10(6-14-12(13)9-25-28-14)7-16(29)26-11-1-4-24-15(8-11)17(30)27-18(2-3-18)19(21,22)23/h1,4-6,8-9H,2-3,7H2,(H,25,28)(H,27,30)(H,24,26,29). The van der Waals surface area contributed by atoms with Crippen molar-refractivity contribution in [2.45, 2.75) is 31.0 Å². The molecule has 3 N–H and O–H groups in total. The lowest BCUT2D eigenvalue weighted by Crippen LogP contribution is -2.48. The SMILES string of the molecule is O=C(Cc1cc(Cl)c2cn[nH]c2c1)Nc1ccnc(C(=O)NC2(C(F)(F)F)CC2)c1. The molecule has 3 aromatic rings. The zero-order chi connectivity index (χ0) is 21.5. The van der Waals surface area contributed by atoms with Crippen molar-refractivity contribution in [1.82, 2.24) is 20.5 Å². The first-order chi connectivity index (χ1) is 14.2. The zero-order valence-electron chi connectivity index (χ0n) is 15.3. The summed E-state index contributed by atoms with van der Waals surface area (Å²) >= 11 is 6.17. The van der Waals surface area contributed by atoms with E-state index >= 15 is 0 Å². The fourth-order valence-electron chi connectivity index (χ4n) is 3.07. The predicted octanol–water partition coefficient (Wildman–Crippen LogP) is 3.62. The van der Waals surface area contributed by atoms with Crippen molar-refractivity contribution in [3.05, 3.63) is 52.9 Å². The van der Waals surface area contributed by atoms with Crippen LogP contribution >= 0.6 is 11.6 Å². The molecule has 11 heteroatoms. The Kier molecular flexibility index (Phi) is 4.89. The van der Waals surface area contributed by atoms with Gasteiger partial charge in [-0.2, -0.15) is 18.3 Å². The highest BCUT2D eigenvalue weighted by atomic mass is 35.5. The molecule has 2 heterocycles. The van der Waals surface area contributed by atoms with E-state index in [0.717, 1.165) is 5.39 Å². The minimum atomic E-state index is -4.52. The van der Waals surface area contributed by atoms with E-state index in [2.05, 4.69) is 20.5 Å². The van der Waals surface area contributed by atoms with Gasteiger partial charge in [-0.25, -0.2) is 0 Å². The number of fused-ring (bicyclic) bond motifs is 1. The van der Waals surface area contributed by atoms with Gasteiger partial charge in [0.1, 0.15) is 11.2 Å². The van der Waals surface area contributed by atoms with E-state index in [9.17, 15) is 22.8 Å². The fourth-order valence-corrected chi connectivity index (χ4v) is 3.37. The summed E-state index contributed by atoms with van der Waals surface area (Å²) in [5.74, 6) is -1.34. The normalized spacial score (nSPS) is 15.1. The molecule has 30 heavy (non-hydrogen) atoms. The molecule has 0 saturated heterocycles. The van der Waals surface area contributed by atoms with Crippen LogP contribution in [-0.2, 0) is 11.2 Å². The molecule has 1 saturated carbocycles. The van der Waals surface area contributed by atoms with Crippen molar-refractivity contribution in [1.29, 1.82) is 0 Å². The number of hydrogen-bond donors (Lipinski definition) is 3. The summed E-state index contributed by atoms with van der Waals surface area (Å²) in [6, 6.07) is 6.06. The number of amides is 2. The van der Waals surface area contributed by atoms with Gasteiger partial charge in [0.2, 0.25) is 5.91 Å². The summed E-state index contributed by atoms with van der Waals surface area (Å²) in [6.07, 6.45) is -2.04. The molecule has 0 bridgehead atoms. The second kappa shape index (κ2) is 7.28. The van der Waals surface area contributed by atoms with Crippen LogP contribution in [0.5, 0.6) is 0 Å². The molecule has 0 unspecified atom stereocenters. The Hall–Kier alpha value is -3.14. The molecule has 1 aromatic carbocycles. The van der Waals surface area contributed by atoms with Crippen molar-refractivity contribution < 1.29 is 22.8 Å². The third kappa shape index (κ3) is 3.95. The number of pyridine rings is 1. The van der Waals surface area contributed by atoms with E-state index < -0.39 is 23.5 Å². The molecular formula is C19H15ClF3N5O2. The van der Waals surface area contributed by atoms with E-state index in [1.165, 1.54) is 18.3 Å². The largest absolute Gasteiger partial charge is 0.411 e. The molecule has 2 amide bonds. The van der Waals surface area contributed by atoms with Crippen molar-refractivity contribution in [3.63, 3.8) is 0 Å². The average Bonchev–Trinajstić information content (AvgIpc) is 3.30. The Balaban J connectivity index is 1.43. The molecule has 0 radical (unpaired) electrons. The number of aromatic nitrogens is 3. The van der Waals surface area contributed by atoms with Gasteiger partial charge in [0.05, 0.1) is 23.2 Å². The van der Waals surface area contributed by atoms with Gasteiger partial charge in [-0.3, -0.25) is 19.7 Å². The number of anilines is 1. The number of nitrogens with one attached hydrogen (secondary N) is 3. The van der Waals surface area contributed by atoms with Crippen LogP contribution in [0.25, 0.3) is 10.9 Å². The third-order valence-electron chi connectivity index (χ3n) is 4.85. The van der Waals surface area contributed by atoms with Crippen LogP contribution in [0.15, 0.2) is 36.7 Å². The van der Waals surface area contributed by atoms with Gasteiger partial charge < -0.3 is 10.6 Å². The molecule has 1 aliphatic carbocycles. The number of benzene rings is 1. The molecule has 7 nitrogen and oxygen atoms in total. The van der Waals surface area contributed by atoms with Crippen LogP contribution in [0.4, 0.5) is 18.9 Å². The molecular weight excluding hydrogens is 423 g/mol. The Morgan fingerprint density at radius 2 is 2.00 bits per heavy atom. The molecule has 1 aliphatic rings. The number of H-pyrrole nitrogens is 1. The van der Waals surface area contributed by atoms with Gasteiger partial charge >= 0.3 is 6.18 Å². The predicted molar refractivity (Wildman–Crippen MR) is 103 cm³/mol. The number of nitrogens with zero attached hydrogens (tertiary/aromatic N) is 2. The maximum Gasteiger partial charge on any atom is 0.411 e. The monoisotopic (exact) mass is 437 g/mol. The minimum Gasteiger partial charge on any atom is -0.336 e. The van der Waals surface area contributed by atoms with Crippen molar-refractivity contribution in [2.75, 3.05) is 5.32 Å². The summed E-state index contributed by atoms with van der Waals surface area (Å²) in [5, 5.41) is 12.5. The quantitative estimate of drug-likeness (QED) is 0.567. The van der Waals surface area contributed by atoms with E-state index in [-0.39, 0.29) is 30.6 Å². The first kappa shape index (κ1) is 20.1. The molecule has 4 rings (SSSR count). The van der Waals surface area contributed by atoms with Gasteiger partial charge in [0.15, 0.2) is 0 Å². The zero-order valence-corrected chi connectivity index (χ0v) is 16.1. The molecule has 0 spiro atoms. The van der Waals surface area contributed by atoms with Gasteiger partial charge in [-0.1, -0.05) is 11.6 Å². The Labute approximate surface area is 173 Å². The summed E-state index contributed by atoms with van der Waals surface area (Å²) in [7, 11) is 0. The minimum absolute atomic E-state index is 0.00425. The summed E-state index contributed by atoms with van der Waals surface area (Å²) in [4.78, 5) is 28.4. The highest BCUT2D eigenvalue weighted by molar-refractivity contribution is 6.35. The number of hydrogen-bond acceptors (Lipinski definition) is 4. The van der Waals surface area contributed by atoms with E-state index in [1.807, 2.05) is 5.32 Å². The summed E-state index contributed by atoms with van der Waals surface area (Å²) in [6.45, 7) is 0. The highest BCUT2D eigenvalue weighted by Gasteiger charge is 2.64. The second-order valence-electron chi connectivity index (χ2n) is 7.10. The summed E-state index contributed by atoms with van der Waals surface area (Å²) < 4.78 is 39.1. The first-order valence-corrected chi connectivity index (χ1v) is 9.31. The van der Waals surface area contributed by atoms with Gasteiger partial charge in [0, 0.05) is 17.3 Å². The second-order valence-corrected chi connectivity index (χ2v) is 7.50. The lowest BCUT2D eigenvalue weighted by atomic mass is 10.1. The van der Waals surface area contributed by atoms with Crippen molar-refractivity contribution >= 4 is 40.0 Å². The van der Waals surface area contributed by atoms with Crippen molar-refractivity contribution in [2.24, 2.45) is 0 Å². The van der Waals surface area contributed by atoms with Crippen LogP contribution in [0, 0.1) is 0 Å².